The Morgan fingerprint density at radius 1 is 1.33 bits per heavy atom. The van der Waals surface area contributed by atoms with Gasteiger partial charge in [0.1, 0.15) is 11.8 Å². The van der Waals surface area contributed by atoms with Gasteiger partial charge in [0.15, 0.2) is 0 Å². The number of carboxylic acids is 1. The smallest absolute Gasteiger partial charge is 0.326 e. The van der Waals surface area contributed by atoms with Gasteiger partial charge in [-0.15, -0.1) is 0 Å². The molecule has 0 heterocycles. The molecule has 0 unspecified atom stereocenters. The Morgan fingerprint density at radius 2 is 1.94 bits per heavy atom. The molecule has 1 aromatic carbocycles. The molecule has 1 rings (SSSR count). The number of carbonyl (C=O) groups excluding carboxylic acids is 1. The van der Waals surface area contributed by atoms with E-state index in [0.717, 1.165) is 0 Å². The Hall–Kier alpha value is -2.08. The largest absolute Gasteiger partial charge is 0.497 e. The second kappa shape index (κ2) is 6.61. The van der Waals surface area contributed by atoms with Crippen molar-refractivity contribution in [3.8, 4) is 5.75 Å². The van der Waals surface area contributed by atoms with Crippen molar-refractivity contribution in [2.45, 2.75) is 12.5 Å². The first kappa shape index (κ1) is 14.0. The molecule has 1 amide bonds. The molecule has 0 saturated carbocycles. The Bertz CT molecular complexity index is 415. The van der Waals surface area contributed by atoms with Crippen LogP contribution in [0.2, 0.25) is 0 Å². The van der Waals surface area contributed by atoms with E-state index in [2.05, 4.69) is 5.32 Å². The molecule has 0 aromatic heterocycles. The van der Waals surface area contributed by atoms with E-state index in [4.69, 9.17) is 14.9 Å². The fourth-order valence-corrected chi connectivity index (χ4v) is 1.37. The molecule has 0 aliphatic heterocycles. The van der Waals surface area contributed by atoms with Gasteiger partial charge >= 0.3 is 5.97 Å². The van der Waals surface area contributed by atoms with E-state index in [1.165, 1.54) is 19.2 Å². The summed E-state index contributed by atoms with van der Waals surface area (Å²) >= 11 is 0. The second-order valence-corrected chi connectivity index (χ2v) is 3.61. The Morgan fingerprint density at radius 3 is 2.39 bits per heavy atom. The molecular weight excluding hydrogens is 238 g/mol. The maximum atomic E-state index is 11.7. The van der Waals surface area contributed by atoms with Gasteiger partial charge in [0, 0.05) is 18.6 Å². The number of aliphatic hydroxyl groups excluding tert-OH is 1. The van der Waals surface area contributed by atoms with Crippen LogP contribution in [0.5, 0.6) is 5.75 Å². The number of ether oxygens (including phenoxy) is 1. The number of aliphatic hydroxyl groups is 1. The van der Waals surface area contributed by atoms with Crippen LogP contribution in [-0.2, 0) is 4.79 Å². The van der Waals surface area contributed by atoms with Gasteiger partial charge in [0.25, 0.3) is 5.91 Å². The van der Waals surface area contributed by atoms with Crippen LogP contribution < -0.4 is 10.1 Å². The van der Waals surface area contributed by atoms with E-state index in [1.54, 1.807) is 12.1 Å². The molecule has 0 spiro atoms. The number of hydrogen-bond donors (Lipinski definition) is 3. The Labute approximate surface area is 104 Å². The third-order valence-corrected chi connectivity index (χ3v) is 2.37. The van der Waals surface area contributed by atoms with Crippen molar-refractivity contribution in [2.75, 3.05) is 13.7 Å². The fraction of sp³-hybridized carbons (Fsp3) is 0.333. The summed E-state index contributed by atoms with van der Waals surface area (Å²) in [5.41, 5.74) is 0.333. The summed E-state index contributed by atoms with van der Waals surface area (Å²) in [4.78, 5) is 22.5. The number of carboxylic acid groups (broad SMARTS) is 1. The van der Waals surface area contributed by atoms with Crippen molar-refractivity contribution in [2.24, 2.45) is 0 Å². The van der Waals surface area contributed by atoms with Gasteiger partial charge in [-0.1, -0.05) is 0 Å². The van der Waals surface area contributed by atoms with Crippen LogP contribution in [0.25, 0.3) is 0 Å². The molecular formula is C12H15NO5. The van der Waals surface area contributed by atoms with E-state index < -0.39 is 17.9 Å². The van der Waals surface area contributed by atoms with Crippen LogP contribution in [0.4, 0.5) is 0 Å². The minimum absolute atomic E-state index is 0.0305. The average molecular weight is 253 g/mol. The lowest BCUT2D eigenvalue weighted by atomic mass is 10.1. The van der Waals surface area contributed by atoms with Crippen molar-refractivity contribution in [1.82, 2.24) is 5.32 Å². The number of aliphatic carboxylic acids is 1. The molecule has 0 bridgehead atoms. The number of methoxy groups -OCH3 is 1. The van der Waals surface area contributed by atoms with Gasteiger partial charge in [0.2, 0.25) is 0 Å². The number of hydrogen-bond acceptors (Lipinski definition) is 4. The molecule has 0 radical (unpaired) electrons. The lowest BCUT2D eigenvalue weighted by molar-refractivity contribution is -0.139. The van der Waals surface area contributed by atoms with Crippen LogP contribution in [-0.4, -0.2) is 41.8 Å². The summed E-state index contributed by atoms with van der Waals surface area (Å²) < 4.78 is 4.95. The first-order chi connectivity index (χ1) is 8.58. The molecule has 6 nitrogen and oxygen atoms in total. The zero-order valence-electron chi connectivity index (χ0n) is 9.92. The standard InChI is InChI=1S/C12H15NO5/c1-18-9-4-2-8(3-5-9)11(15)13-10(6-7-14)12(16)17/h2-5,10,14H,6-7H2,1H3,(H,13,15)(H,16,17)/t10-/m0/s1. The summed E-state index contributed by atoms with van der Waals surface area (Å²) in [5, 5.41) is 19.9. The van der Waals surface area contributed by atoms with Gasteiger partial charge < -0.3 is 20.3 Å². The van der Waals surface area contributed by atoms with Crippen LogP contribution in [0.15, 0.2) is 24.3 Å². The number of benzene rings is 1. The maximum Gasteiger partial charge on any atom is 0.326 e. The molecule has 0 aliphatic rings. The number of carbonyl (C=O) groups is 2. The molecule has 1 aromatic rings. The summed E-state index contributed by atoms with van der Waals surface area (Å²) in [6.45, 7) is -0.306. The van der Waals surface area contributed by atoms with Crippen molar-refractivity contribution in [3.05, 3.63) is 29.8 Å². The molecule has 0 aliphatic carbocycles. The van der Waals surface area contributed by atoms with Gasteiger partial charge in [-0.3, -0.25) is 4.79 Å². The van der Waals surface area contributed by atoms with E-state index >= 15 is 0 Å². The maximum absolute atomic E-state index is 11.7. The summed E-state index contributed by atoms with van der Waals surface area (Å²) in [5.74, 6) is -1.07. The zero-order chi connectivity index (χ0) is 13.5. The molecule has 1 atom stereocenters. The highest BCUT2D eigenvalue weighted by Crippen LogP contribution is 2.11. The van der Waals surface area contributed by atoms with E-state index in [-0.39, 0.29) is 13.0 Å². The molecule has 98 valence electrons. The van der Waals surface area contributed by atoms with E-state index in [0.29, 0.717) is 11.3 Å². The lowest BCUT2D eigenvalue weighted by Crippen LogP contribution is -2.41. The normalized spacial score (nSPS) is 11.7. The molecule has 3 N–H and O–H groups in total. The highest BCUT2D eigenvalue weighted by molar-refractivity contribution is 5.96. The highest BCUT2D eigenvalue weighted by atomic mass is 16.5. The molecule has 18 heavy (non-hydrogen) atoms. The minimum Gasteiger partial charge on any atom is -0.497 e. The molecule has 6 heteroatoms. The second-order valence-electron chi connectivity index (χ2n) is 3.61. The van der Waals surface area contributed by atoms with Gasteiger partial charge in [-0.05, 0) is 24.3 Å². The SMILES string of the molecule is COc1ccc(C(=O)N[C@@H](CCO)C(=O)O)cc1. The first-order valence-corrected chi connectivity index (χ1v) is 5.37. The molecule has 0 fully saturated rings. The first-order valence-electron chi connectivity index (χ1n) is 5.37. The number of nitrogens with one attached hydrogen (secondary N) is 1. The van der Waals surface area contributed by atoms with Crippen LogP contribution in [0.3, 0.4) is 0 Å². The minimum atomic E-state index is -1.18. The van der Waals surface area contributed by atoms with Crippen LogP contribution in [0.1, 0.15) is 16.8 Å². The predicted molar refractivity (Wildman–Crippen MR) is 63.6 cm³/mol. The van der Waals surface area contributed by atoms with Crippen LogP contribution in [0, 0.1) is 0 Å². The quantitative estimate of drug-likeness (QED) is 0.676. The third-order valence-electron chi connectivity index (χ3n) is 2.37. The summed E-state index contributed by atoms with van der Waals surface area (Å²) in [6, 6.07) is 5.19. The van der Waals surface area contributed by atoms with E-state index in [9.17, 15) is 9.59 Å². The molecule has 0 saturated heterocycles. The van der Waals surface area contributed by atoms with Crippen molar-refractivity contribution in [1.29, 1.82) is 0 Å². The predicted octanol–water partition coefficient (Wildman–Crippen LogP) is 0.261. The highest BCUT2D eigenvalue weighted by Gasteiger charge is 2.19. The monoisotopic (exact) mass is 253 g/mol. The zero-order valence-corrected chi connectivity index (χ0v) is 9.92. The number of rotatable bonds is 6. The van der Waals surface area contributed by atoms with Gasteiger partial charge in [0.05, 0.1) is 7.11 Å². The summed E-state index contributed by atoms with van der Waals surface area (Å²) in [7, 11) is 1.51. The Kier molecular flexibility index (Phi) is 5.13. The van der Waals surface area contributed by atoms with Crippen molar-refractivity contribution in [3.63, 3.8) is 0 Å². The van der Waals surface area contributed by atoms with Crippen molar-refractivity contribution >= 4 is 11.9 Å². The fourth-order valence-electron chi connectivity index (χ4n) is 1.37. The lowest BCUT2D eigenvalue weighted by Gasteiger charge is -2.13. The average Bonchev–Trinajstić information content (AvgIpc) is 2.38. The topological polar surface area (TPSA) is 95.9 Å². The Balaban J connectivity index is 2.70. The van der Waals surface area contributed by atoms with Gasteiger partial charge in [-0.25, -0.2) is 4.79 Å². The van der Waals surface area contributed by atoms with Crippen LogP contribution >= 0.6 is 0 Å². The van der Waals surface area contributed by atoms with Crippen molar-refractivity contribution < 1.29 is 24.5 Å². The number of amides is 1. The van der Waals surface area contributed by atoms with Gasteiger partial charge in [-0.2, -0.15) is 0 Å². The third kappa shape index (κ3) is 3.74. The summed E-state index contributed by atoms with van der Waals surface area (Å²) in [6.07, 6.45) is -0.0305. The van der Waals surface area contributed by atoms with E-state index in [1.807, 2.05) is 0 Å².